The standard InChI is InChI=1S/C18H21N3O2/c22-18(13-15-5-7-19-8-6-15)20-17-4-2-1-3-16(17)14-21-9-11-23-12-10-21/h1-8H,9-14H2,(H,20,22). The molecule has 1 amide bonds. The lowest BCUT2D eigenvalue weighted by atomic mass is 10.1. The van der Waals surface area contributed by atoms with Crippen molar-refractivity contribution in [3.8, 4) is 0 Å². The molecule has 0 bridgehead atoms. The van der Waals surface area contributed by atoms with Crippen molar-refractivity contribution in [3.05, 3.63) is 59.9 Å². The van der Waals surface area contributed by atoms with Crippen molar-refractivity contribution in [1.82, 2.24) is 9.88 Å². The highest BCUT2D eigenvalue weighted by molar-refractivity contribution is 5.92. The van der Waals surface area contributed by atoms with E-state index in [1.54, 1.807) is 12.4 Å². The van der Waals surface area contributed by atoms with Gasteiger partial charge in [0.2, 0.25) is 5.91 Å². The van der Waals surface area contributed by atoms with Crippen LogP contribution in [0.15, 0.2) is 48.8 Å². The third kappa shape index (κ3) is 4.61. The summed E-state index contributed by atoms with van der Waals surface area (Å²) in [5, 5.41) is 3.03. The summed E-state index contributed by atoms with van der Waals surface area (Å²) in [5.74, 6) is -0.00868. The molecule has 1 fully saturated rings. The molecule has 0 unspecified atom stereocenters. The zero-order valence-electron chi connectivity index (χ0n) is 13.1. The molecule has 3 rings (SSSR count). The first kappa shape index (κ1) is 15.6. The SMILES string of the molecule is O=C(Cc1ccncc1)Nc1ccccc1CN1CCOCC1. The minimum Gasteiger partial charge on any atom is -0.379 e. The van der Waals surface area contributed by atoms with E-state index in [0.29, 0.717) is 6.42 Å². The molecule has 0 aliphatic carbocycles. The Morgan fingerprint density at radius 3 is 2.65 bits per heavy atom. The summed E-state index contributed by atoms with van der Waals surface area (Å²) in [5.41, 5.74) is 2.98. The number of pyridine rings is 1. The van der Waals surface area contributed by atoms with Crippen molar-refractivity contribution < 1.29 is 9.53 Å². The maximum Gasteiger partial charge on any atom is 0.228 e. The van der Waals surface area contributed by atoms with Crippen molar-refractivity contribution in [2.75, 3.05) is 31.6 Å². The molecule has 5 nitrogen and oxygen atoms in total. The van der Waals surface area contributed by atoms with Gasteiger partial charge in [0.15, 0.2) is 0 Å². The van der Waals surface area contributed by atoms with E-state index in [4.69, 9.17) is 4.74 Å². The fourth-order valence-electron chi connectivity index (χ4n) is 2.66. The van der Waals surface area contributed by atoms with Crippen molar-refractivity contribution in [3.63, 3.8) is 0 Å². The molecule has 1 aromatic heterocycles. The number of anilines is 1. The maximum absolute atomic E-state index is 12.3. The number of morpholine rings is 1. The minimum atomic E-state index is -0.00868. The number of hydrogen-bond donors (Lipinski definition) is 1. The van der Waals surface area contributed by atoms with Crippen LogP contribution in [0.5, 0.6) is 0 Å². The lowest BCUT2D eigenvalue weighted by Gasteiger charge is -2.27. The molecule has 23 heavy (non-hydrogen) atoms. The molecule has 1 aliphatic heterocycles. The van der Waals surface area contributed by atoms with E-state index in [0.717, 1.165) is 49.7 Å². The normalized spacial score (nSPS) is 15.3. The smallest absolute Gasteiger partial charge is 0.228 e. The van der Waals surface area contributed by atoms with Gasteiger partial charge in [-0.25, -0.2) is 0 Å². The number of carbonyl (C=O) groups is 1. The number of benzene rings is 1. The number of hydrogen-bond acceptors (Lipinski definition) is 4. The van der Waals surface area contributed by atoms with E-state index in [-0.39, 0.29) is 5.91 Å². The monoisotopic (exact) mass is 311 g/mol. The van der Waals surface area contributed by atoms with Crippen LogP contribution in [0.2, 0.25) is 0 Å². The average molecular weight is 311 g/mol. The minimum absolute atomic E-state index is 0.00868. The van der Waals surface area contributed by atoms with Crippen LogP contribution >= 0.6 is 0 Å². The number of amides is 1. The fourth-order valence-corrected chi connectivity index (χ4v) is 2.66. The van der Waals surface area contributed by atoms with E-state index in [1.165, 1.54) is 0 Å². The van der Waals surface area contributed by atoms with Crippen molar-refractivity contribution in [2.45, 2.75) is 13.0 Å². The Bertz CT molecular complexity index is 640. The molecule has 120 valence electrons. The van der Waals surface area contributed by atoms with E-state index >= 15 is 0 Å². The Hall–Kier alpha value is -2.24. The van der Waals surface area contributed by atoms with Gasteiger partial charge in [-0.2, -0.15) is 0 Å². The fraction of sp³-hybridized carbons (Fsp3) is 0.333. The summed E-state index contributed by atoms with van der Waals surface area (Å²) in [4.78, 5) is 18.6. The number of ether oxygens (including phenoxy) is 1. The van der Waals surface area contributed by atoms with Gasteiger partial charge in [-0.1, -0.05) is 18.2 Å². The predicted octanol–water partition coefficient (Wildman–Crippen LogP) is 2.09. The molecule has 2 heterocycles. The van der Waals surface area contributed by atoms with Crippen molar-refractivity contribution in [1.29, 1.82) is 0 Å². The quantitative estimate of drug-likeness (QED) is 0.919. The molecule has 2 aromatic rings. The molecule has 0 radical (unpaired) electrons. The van der Waals surface area contributed by atoms with Crippen molar-refractivity contribution in [2.24, 2.45) is 0 Å². The van der Waals surface area contributed by atoms with Gasteiger partial charge in [-0.3, -0.25) is 14.7 Å². The summed E-state index contributed by atoms with van der Waals surface area (Å²) in [6, 6.07) is 11.7. The summed E-state index contributed by atoms with van der Waals surface area (Å²) in [7, 11) is 0. The number of para-hydroxylation sites is 1. The second-order valence-electron chi connectivity index (χ2n) is 5.63. The average Bonchev–Trinajstić information content (AvgIpc) is 2.58. The van der Waals surface area contributed by atoms with Crippen LogP contribution in [-0.2, 0) is 22.5 Å². The van der Waals surface area contributed by atoms with E-state index in [1.807, 2.05) is 30.3 Å². The molecule has 1 aliphatic rings. The van der Waals surface area contributed by atoms with Crippen LogP contribution in [0.25, 0.3) is 0 Å². The molecule has 0 spiro atoms. The lowest BCUT2D eigenvalue weighted by molar-refractivity contribution is -0.115. The third-order valence-electron chi connectivity index (χ3n) is 3.90. The number of aromatic nitrogens is 1. The number of carbonyl (C=O) groups excluding carboxylic acids is 1. The maximum atomic E-state index is 12.3. The predicted molar refractivity (Wildman–Crippen MR) is 89.1 cm³/mol. The van der Waals surface area contributed by atoms with Gasteiger partial charge in [0, 0.05) is 37.7 Å². The van der Waals surface area contributed by atoms with Crippen LogP contribution in [0.1, 0.15) is 11.1 Å². The van der Waals surface area contributed by atoms with Gasteiger partial charge < -0.3 is 10.1 Å². The molecule has 5 heteroatoms. The van der Waals surface area contributed by atoms with Crippen LogP contribution in [0.3, 0.4) is 0 Å². The summed E-state index contributed by atoms with van der Waals surface area (Å²) in [6.07, 6.45) is 3.76. The Morgan fingerprint density at radius 1 is 1.13 bits per heavy atom. The lowest BCUT2D eigenvalue weighted by Crippen LogP contribution is -2.35. The molecule has 1 saturated heterocycles. The Morgan fingerprint density at radius 2 is 1.87 bits per heavy atom. The topological polar surface area (TPSA) is 54.5 Å². The highest BCUT2D eigenvalue weighted by atomic mass is 16.5. The molecular formula is C18H21N3O2. The second kappa shape index (κ2) is 7.85. The van der Waals surface area contributed by atoms with Gasteiger partial charge >= 0.3 is 0 Å². The van der Waals surface area contributed by atoms with Crippen LogP contribution < -0.4 is 5.32 Å². The zero-order chi connectivity index (χ0) is 15.9. The second-order valence-corrected chi connectivity index (χ2v) is 5.63. The zero-order valence-corrected chi connectivity index (χ0v) is 13.1. The van der Waals surface area contributed by atoms with Gasteiger partial charge in [0.1, 0.15) is 0 Å². The van der Waals surface area contributed by atoms with Gasteiger partial charge in [0.05, 0.1) is 19.6 Å². The van der Waals surface area contributed by atoms with Crippen LogP contribution in [0.4, 0.5) is 5.69 Å². The Labute approximate surface area is 136 Å². The first-order valence-electron chi connectivity index (χ1n) is 7.88. The van der Waals surface area contributed by atoms with Gasteiger partial charge in [-0.15, -0.1) is 0 Å². The van der Waals surface area contributed by atoms with E-state index in [9.17, 15) is 4.79 Å². The summed E-state index contributed by atoms with van der Waals surface area (Å²) >= 11 is 0. The third-order valence-corrected chi connectivity index (χ3v) is 3.90. The number of nitrogens with zero attached hydrogens (tertiary/aromatic N) is 2. The highest BCUT2D eigenvalue weighted by Crippen LogP contribution is 2.18. The first-order chi connectivity index (χ1) is 11.3. The summed E-state index contributed by atoms with van der Waals surface area (Å²) < 4.78 is 5.38. The largest absolute Gasteiger partial charge is 0.379 e. The van der Waals surface area contributed by atoms with Crippen molar-refractivity contribution >= 4 is 11.6 Å². The molecular weight excluding hydrogens is 290 g/mol. The van der Waals surface area contributed by atoms with Crippen LogP contribution in [0, 0.1) is 0 Å². The van der Waals surface area contributed by atoms with E-state index < -0.39 is 0 Å². The number of nitrogens with one attached hydrogen (secondary N) is 1. The molecule has 1 N–H and O–H groups in total. The number of rotatable bonds is 5. The van der Waals surface area contributed by atoms with E-state index in [2.05, 4.69) is 21.3 Å². The summed E-state index contributed by atoms with van der Waals surface area (Å²) in [6.45, 7) is 4.24. The van der Waals surface area contributed by atoms with Gasteiger partial charge in [0.25, 0.3) is 0 Å². The first-order valence-corrected chi connectivity index (χ1v) is 7.88. The Kier molecular flexibility index (Phi) is 5.34. The molecule has 1 aromatic carbocycles. The molecule has 0 saturated carbocycles. The molecule has 0 atom stereocenters. The highest BCUT2D eigenvalue weighted by Gasteiger charge is 2.13. The Balaban J connectivity index is 1.64. The van der Waals surface area contributed by atoms with Crippen LogP contribution in [-0.4, -0.2) is 42.1 Å². The van der Waals surface area contributed by atoms with Gasteiger partial charge in [-0.05, 0) is 29.3 Å².